The molecule has 122 valence electrons. The van der Waals surface area contributed by atoms with Crippen molar-refractivity contribution in [2.24, 2.45) is 0 Å². The van der Waals surface area contributed by atoms with E-state index in [9.17, 15) is 4.79 Å². The van der Waals surface area contributed by atoms with Gasteiger partial charge in [0.1, 0.15) is 5.75 Å². The summed E-state index contributed by atoms with van der Waals surface area (Å²) < 4.78 is 5.61. The van der Waals surface area contributed by atoms with Crippen LogP contribution in [0.5, 0.6) is 5.75 Å². The van der Waals surface area contributed by atoms with Gasteiger partial charge in [0, 0.05) is 13.1 Å². The Bertz CT molecular complexity index is 609. The molecule has 2 aromatic rings. The summed E-state index contributed by atoms with van der Waals surface area (Å²) in [6.07, 6.45) is -0.523. The molecule has 1 N–H and O–H groups in total. The van der Waals surface area contributed by atoms with Crippen LogP contribution in [0.2, 0.25) is 0 Å². The summed E-state index contributed by atoms with van der Waals surface area (Å²) in [6, 6.07) is 17.6. The SMILES string of the molecule is CC(Oc1ccccc1)C(=O)NCc1ccc(CN(C)C)cc1. The van der Waals surface area contributed by atoms with Crippen molar-refractivity contribution in [3.8, 4) is 5.75 Å². The lowest BCUT2D eigenvalue weighted by Gasteiger charge is -2.15. The number of benzene rings is 2. The molecule has 1 unspecified atom stereocenters. The van der Waals surface area contributed by atoms with Crippen molar-refractivity contribution >= 4 is 5.91 Å². The van der Waals surface area contributed by atoms with E-state index in [1.165, 1.54) is 5.56 Å². The molecule has 0 bridgehead atoms. The summed E-state index contributed by atoms with van der Waals surface area (Å²) in [5.41, 5.74) is 2.33. The zero-order valence-electron chi connectivity index (χ0n) is 14.0. The smallest absolute Gasteiger partial charge is 0.261 e. The third-order valence-electron chi connectivity index (χ3n) is 3.41. The quantitative estimate of drug-likeness (QED) is 0.855. The normalized spacial score (nSPS) is 12.0. The number of para-hydroxylation sites is 1. The van der Waals surface area contributed by atoms with Crippen LogP contribution in [0.25, 0.3) is 0 Å². The van der Waals surface area contributed by atoms with Crippen molar-refractivity contribution in [1.82, 2.24) is 10.2 Å². The highest BCUT2D eigenvalue weighted by Gasteiger charge is 2.13. The predicted molar refractivity (Wildman–Crippen MR) is 92.2 cm³/mol. The second-order valence-corrected chi connectivity index (χ2v) is 5.85. The lowest BCUT2D eigenvalue weighted by molar-refractivity contribution is -0.127. The Hall–Kier alpha value is -2.33. The number of nitrogens with zero attached hydrogens (tertiary/aromatic N) is 1. The standard InChI is InChI=1S/C19H24N2O2/c1-15(23-18-7-5-4-6-8-18)19(22)20-13-16-9-11-17(12-10-16)14-21(2)3/h4-12,15H,13-14H2,1-3H3,(H,20,22). The van der Waals surface area contributed by atoms with E-state index in [-0.39, 0.29) is 5.91 Å². The van der Waals surface area contributed by atoms with Gasteiger partial charge in [-0.25, -0.2) is 0 Å². The van der Waals surface area contributed by atoms with Gasteiger partial charge >= 0.3 is 0 Å². The maximum atomic E-state index is 12.1. The number of hydrogen-bond donors (Lipinski definition) is 1. The molecule has 2 aromatic carbocycles. The van der Waals surface area contributed by atoms with Crippen LogP contribution in [0, 0.1) is 0 Å². The van der Waals surface area contributed by atoms with E-state index in [4.69, 9.17) is 4.74 Å². The maximum Gasteiger partial charge on any atom is 0.261 e. The van der Waals surface area contributed by atoms with Gasteiger partial charge in [0.05, 0.1) is 0 Å². The number of carbonyl (C=O) groups excluding carboxylic acids is 1. The van der Waals surface area contributed by atoms with Crippen LogP contribution in [0.3, 0.4) is 0 Å². The highest BCUT2D eigenvalue weighted by molar-refractivity contribution is 5.80. The molecule has 0 radical (unpaired) electrons. The van der Waals surface area contributed by atoms with Crippen molar-refractivity contribution in [1.29, 1.82) is 0 Å². The van der Waals surface area contributed by atoms with E-state index >= 15 is 0 Å². The van der Waals surface area contributed by atoms with Crippen molar-refractivity contribution in [2.75, 3.05) is 14.1 Å². The molecule has 0 spiro atoms. The van der Waals surface area contributed by atoms with E-state index in [0.717, 1.165) is 12.1 Å². The molecule has 0 aliphatic heterocycles. The molecule has 0 fully saturated rings. The first kappa shape index (κ1) is 17.0. The number of hydrogen-bond acceptors (Lipinski definition) is 3. The number of nitrogens with one attached hydrogen (secondary N) is 1. The molecule has 4 nitrogen and oxygen atoms in total. The van der Waals surface area contributed by atoms with Gasteiger partial charge in [-0.3, -0.25) is 4.79 Å². The summed E-state index contributed by atoms with van der Waals surface area (Å²) in [5.74, 6) is 0.578. The van der Waals surface area contributed by atoms with E-state index in [1.54, 1.807) is 6.92 Å². The molecule has 0 saturated carbocycles. The fraction of sp³-hybridized carbons (Fsp3) is 0.316. The molecule has 23 heavy (non-hydrogen) atoms. The van der Waals surface area contributed by atoms with E-state index in [0.29, 0.717) is 12.3 Å². The molecular formula is C19H24N2O2. The average molecular weight is 312 g/mol. The van der Waals surface area contributed by atoms with Crippen molar-refractivity contribution < 1.29 is 9.53 Å². The summed E-state index contributed by atoms with van der Waals surface area (Å²) in [7, 11) is 4.09. The minimum atomic E-state index is -0.523. The maximum absolute atomic E-state index is 12.1. The highest BCUT2D eigenvalue weighted by atomic mass is 16.5. The van der Waals surface area contributed by atoms with Crippen LogP contribution in [0.15, 0.2) is 54.6 Å². The second-order valence-electron chi connectivity index (χ2n) is 5.85. The monoisotopic (exact) mass is 312 g/mol. The average Bonchev–Trinajstić information content (AvgIpc) is 2.54. The molecule has 1 atom stereocenters. The van der Waals surface area contributed by atoms with Crippen LogP contribution in [-0.2, 0) is 17.9 Å². The van der Waals surface area contributed by atoms with Gasteiger partial charge in [0.15, 0.2) is 6.10 Å². The fourth-order valence-corrected chi connectivity index (χ4v) is 2.22. The van der Waals surface area contributed by atoms with Gasteiger partial charge < -0.3 is 15.0 Å². The van der Waals surface area contributed by atoms with Crippen LogP contribution < -0.4 is 10.1 Å². The third kappa shape index (κ3) is 5.75. The van der Waals surface area contributed by atoms with Crippen molar-refractivity contribution in [2.45, 2.75) is 26.1 Å². The minimum absolute atomic E-state index is 0.119. The van der Waals surface area contributed by atoms with Gasteiger partial charge in [-0.2, -0.15) is 0 Å². The second kappa shape index (κ2) is 8.34. The van der Waals surface area contributed by atoms with Crippen molar-refractivity contribution in [3.63, 3.8) is 0 Å². The Kier molecular flexibility index (Phi) is 6.18. The largest absolute Gasteiger partial charge is 0.481 e. The number of carbonyl (C=O) groups is 1. The summed E-state index contributed by atoms with van der Waals surface area (Å²) in [4.78, 5) is 14.2. The van der Waals surface area contributed by atoms with Gasteiger partial charge in [-0.05, 0) is 44.3 Å². The van der Waals surface area contributed by atoms with E-state index in [2.05, 4.69) is 22.3 Å². The highest BCUT2D eigenvalue weighted by Crippen LogP contribution is 2.11. The molecular weight excluding hydrogens is 288 g/mol. The summed E-state index contributed by atoms with van der Waals surface area (Å²) in [5, 5.41) is 2.90. The Morgan fingerprint density at radius 3 is 2.26 bits per heavy atom. The minimum Gasteiger partial charge on any atom is -0.481 e. The van der Waals surface area contributed by atoms with E-state index in [1.807, 2.05) is 56.6 Å². The van der Waals surface area contributed by atoms with Crippen LogP contribution in [0.4, 0.5) is 0 Å². The topological polar surface area (TPSA) is 41.6 Å². The third-order valence-corrected chi connectivity index (χ3v) is 3.41. The Morgan fingerprint density at radius 1 is 1.04 bits per heavy atom. The summed E-state index contributed by atoms with van der Waals surface area (Å²) >= 11 is 0. The van der Waals surface area contributed by atoms with Gasteiger partial charge in [0.2, 0.25) is 0 Å². The molecule has 0 aromatic heterocycles. The molecule has 0 heterocycles. The molecule has 1 amide bonds. The molecule has 4 heteroatoms. The van der Waals surface area contributed by atoms with Crippen molar-refractivity contribution in [3.05, 3.63) is 65.7 Å². The van der Waals surface area contributed by atoms with Gasteiger partial charge in [-0.1, -0.05) is 42.5 Å². The lowest BCUT2D eigenvalue weighted by Crippen LogP contribution is -2.35. The van der Waals surface area contributed by atoms with Gasteiger partial charge in [0.25, 0.3) is 5.91 Å². The number of amides is 1. The first-order valence-corrected chi connectivity index (χ1v) is 7.76. The first-order chi connectivity index (χ1) is 11.0. The molecule has 2 rings (SSSR count). The lowest BCUT2D eigenvalue weighted by atomic mass is 10.1. The van der Waals surface area contributed by atoms with Crippen LogP contribution >= 0.6 is 0 Å². The Labute approximate surface area is 138 Å². The predicted octanol–water partition coefficient (Wildman–Crippen LogP) is 2.83. The zero-order valence-corrected chi connectivity index (χ0v) is 14.0. The number of ether oxygens (including phenoxy) is 1. The molecule has 0 aliphatic carbocycles. The molecule has 0 saturated heterocycles. The van der Waals surface area contributed by atoms with E-state index < -0.39 is 6.10 Å². The van der Waals surface area contributed by atoms with Gasteiger partial charge in [-0.15, -0.1) is 0 Å². The first-order valence-electron chi connectivity index (χ1n) is 7.76. The van der Waals surface area contributed by atoms with Crippen LogP contribution in [-0.4, -0.2) is 31.0 Å². The summed E-state index contributed by atoms with van der Waals surface area (Å²) in [6.45, 7) is 3.17. The Morgan fingerprint density at radius 2 is 1.65 bits per heavy atom. The number of rotatable bonds is 7. The Balaban J connectivity index is 1.81. The zero-order chi connectivity index (χ0) is 16.7. The van der Waals surface area contributed by atoms with Crippen LogP contribution in [0.1, 0.15) is 18.1 Å². The molecule has 0 aliphatic rings. The fourth-order valence-electron chi connectivity index (χ4n) is 2.22.